The average Bonchev–Trinajstić information content (AvgIpc) is 2.98. The predicted octanol–water partition coefficient (Wildman–Crippen LogP) is 5.34. The molecule has 0 radical (unpaired) electrons. The molecule has 1 heterocycles. The summed E-state index contributed by atoms with van der Waals surface area (Å²) in [7, 11) is 0. The van der Waals surface area contributed by atoms with Crippen LogP contribution in [0.1, 0.15) is 57.5 Å². The van der Waals surface area contributed by atoms with Crippen molar-refractivity contribution in [2.75, 3.05) is 26.3 Å². The van der Waals surface area contributed by atoms with E-state index in [1.165, 1.54) is 23.8 Å². The maximum atomic E-state index is 13.2. The van der Waals surface area contributed by atoms with Gasteiger partial charge in [-0.25, -0.2) is 4.79 Å². The zero-order valence-corrected chi connectivity index (χ0v) is 22.5. The van der Waals surface area contributed by atoms with Gasteiger partial charge < -0.3 is 24.6 Å². The minimum Gasteiger partial charge on any atom is -0.494 e. The summed E-state index contributed by atoms with van der Waals surface area (Å²) in [5.41, 5.74) is 2.62. The highest BCUT2D eigenvalue weighted by molar-refractivity contribution is 6.00. The molecular weight excluding hydrogens is 510 g/mol. The Morgan fingerprint density at radius 3 is 2.02 bits per heavy atom. The van der Waals surface area contributed by atoms with E-state index in [9.17, 15) is 24.6 Å². The number of benzene rings is 3. The van der Waals surface area contributed by atoms with Crippen molar-refractivity contribution in [1.29, 1.82) is 0 Å². The molecule has 1 saturated heterocycles. The molecule has 1 aliphatic rings. The van der Waals surface area contributed by atoms with Crippen molar-refractivity contribution < 1.29 is 34.1 Å². The highest BCUT2D eigenvalue weighted by Crippen LogP contribution is 2.26. The quantitative estimate of drug-likeness (QED) is 0.279. The van der Waals surface area contributed by atoms with Gasteiger partial charge in [0.2, 0.25) is 0 Å². The van der Waals surface area contributed by atoms with Crippen molar-refractivity contribution in [1.82, 2.24) is 4.90 Å². The summed E-state index contributed by atoms with van der Waals surface area (Å²) in [6.45, 7) is 1.62. The zero-order valence-electron chi connectivity index (χ0n) is 22.5. The van der Waals surface area contributed by atoms with Crippen LogP contribution in [0.3, 0.4) is 0 Å². The van der Waals surface area contributed by atoms with Crippen LogP contribution in [0, 0.1) is 5.92 Å². The largest absolute Gasteiger partial charge is 0.494 e. The number of rotatable bonds is 13. The molecule has 0 unspecified atom stereocenters. The van der Waals surface area contributed by atoms with Crippen LogP contribution in [0.4, 0.5) is 0 Å². The Kier molecular flexibility index (Phi) is 10.2. The highest BCUT2D eigenvalue weighted by Gasteiger charge is 2.29. The molecule has 0 aromatic heterocycles. The number of carbonyl (C=O) groups excluding carboxylic acids is 1. The number of nitrogens with zero attached hydrogens (tertiary/aromatic N) is 1. The van der Waals surface area contributed by atoms with Crippen molar-refractivity contribution in [3.8, 4) is 11.5 Å². The van der Waals surface area contributed by atoms with Gasteiger partial charge in [0.1, 0.15) is 11.5 Å². The number of hydrogen-bond acceptors (Lipinski definition) is 5. The van der Waals surface area contributed by atoms with Crippen molar-refractivity contribution in [3.63, 3.8) is 0 Å². The molecule has 4 rings (SSSR count). The highest BCUT2D eigenvalue weighted by atomic mass is 16.5. The van der Waals surface area contributed by atoms with E-state index in [1.807, 2.05) is 42.5 Å². The van der Waals surface area contributed by atoms with Crippen molar-refractivity contribution >= 4 is 17.8 Å². The molecule has 8 nitrogen and oxygen atoms in total. The normalized spacial score (nSPS) is 13.6. The third-order valence-corrected chi connectivity index (χ3v) is 7.10. The molecule has 0 atom stereocenters. The topological polar surface area (TPSA) is 113 Å². The van der Waals surface area contributed by atoms with Gasteiger partial charge >= 0.3 is 11.9 Å². The maximum Gasteiger partial charge on any atom is 0.335 e. The molecule has 210 valence electrons. The van der Waals surface area contributed by atoms with Crippen LogP contribution in [0.15, 0.2) is 72.8 Å². The van der Waals surface area contributed by atoms with Crippen LogP contribution < -0.4 is 9.47 Å². The van der Waals surface area contributed by atoms with Crippen molar-refractivity contribution in [3.05, 3.63) is 95.1 Å². The minimum absolute atomic E-state index is 0.00139. The number of carbonyl (C=O) groups is 3. The lowest BCUT2D eigenvalue weighted by Crippen LogP contribution is -2.40. The summed E-state index contributed by atoms with van der Waals surface area (Å²) in [4.78, 5) is 37.5. The number of carboxylic acids is 2. The Labute approximate surface area is 234 Å². The average molecular weight is 546 g/mol. The van der Waals surface area contributed by atoms with Gasteiger partial charge in [0, 0.05) is 13.1 Å². The molecule has 3 aromatic rings. The molecule has 8 heteroatoms. The van der Waals surface area contributed by atoms with Crippen LogP contribution in [-0.4, -0.2) is 59.3 Å². The Balaban J connectivity index is 1.25. The van der Waals surface area contributed by atoms with Gasteiger partial charge in [-0.2, -0.15) is 0 Å². The number of aryl methyl sites for hydroxylation is 2. The van der Waals surface area contributed by atoms with Crippen LogP contribution in [0.25, 0.3) is 0 Å². The monoisotopic (exact) mass is 545 g/mol. The standard InChI is InChI=1S/C32H35NO7/c34-30(33-18-16-25(17-19-33)31(35)36)28-22-26(32(37)38)12-15-29(28)40-21-5-9-24-10-13-27(14-11-24)39-20-4-8-23-6-2-1-3-7-23/h1-3,6-7,10-15,22,25H,4-5,8-9,16-21H2,(H,35,36)(H,37,38). The lowest BCUT2D eigenvalue weighted by Gasteiger charge is -2.30. The number of hydrogen-bond donors (Lipinski definition) is 2. The fraction of sp³-hybridized carbons (Fsp3) is 0.344. The van der Waals surface area contributed by atoms with Crippen molar-refractivity contribution in [2.45, 2.75) is 38.5 Å². The maximum absolute atomic E-state index is 13.2. The van der Waals surface area contributed by atoms with E-state index in [-0.39, 0.29) is 17.0 Å². The Bertz CT molecular complexity index is 1280. The number of carboxylic acid groups (broad SMARTS) is 2. The number of aromatic carboxylic acids is 1. The molecule has 1 amide bonds. The van der Waals surface area contributed by atoms with Gasteiger partial charge in [-0.1, -0.05) is 42.5 Å². The summed E-state index contributed by atoms with van der Waals surface area (Å²) >= 11 is 0. The van der Waals surface area contributed by atoms with Crippen LogP contribution in [-0.2, 0) is 17.6 Å². The Hall–Kier alpha value is -4.33. The number of piperidine rings is 1. The van der Waals surface area contributed by atoms with Gasteiger partial charge in [-0.3, -0.25) is 9.59 Å². The first-order chi connectivity index (χ1) is 19.4. The second kappa shape index (κ2) is 14.2. The first-order valence-electron chi connectivity index (χ1n) is 13.7. The number of amides is 1. The molecule has 1 fully saturated rings. The second-order valence-corrected chi connectivity index (χ2v) is 9.95. The SMILES string of the molecule is O=C(O)c1ccc(OCCCc2ccc(OCCCc3ccccc3)cc2)c(C(=O)N2CCC(C(=O)O)CC2)c1. The Morgan fingerprint density at radius 2 is 1.40 bits per heavy atom. The van der Waals surface area contributed by atoms with Crippen LogP contribution >= 0.6 is 0 Å². The molecule has 0 saturated carbocycles. The first-order valence-corrected chi connectivity index (χ1v) is 13.7. The fourth-order valence-electron chi connectivity index (χ4n) is 4.78. The van der Waals surface area contributed by atoms with Crippen LogP contribution in [0.5, 0.6) is 11.5 Å². The van der Waals surface area contributed by atoms with E-state index in [0.29, 0.717) is 51.3 Å². The lowest BCUT2D eigenvalue weighted by molar-refractivity contribution is -0.143. The number of ether oxygens (including phenoxy) is 2. The van der Waals surface area contributed by atoms with Gasteiger partial charge in [0.25, 0.3) is 5.91 Å². The Morgan fingerprint density at radius 1 is 0.775 bits per heavy atom. The van der Waals surface area contributed by atoms with E-state index in [0.717, 1.165) is 30.6 Å². The van der Waals surface area contributed by atoms with Gasteiger partial charge in [-0.15, -0.1) is 0 Å². The fourth-order valence-corrected chi connectivity index (χ4v) is 4.78. The summed E-state index contributed by atoms with van der Waals surface area (Å²) in [5.74, 6) is -1.64. The molecule has 3 aromatic carbocycles. The first kappa shape index (κ1) is 28.7. The molecule has 0 bridgehead atoms. The number of likely N-dealkylation sites (tertiary alicyclic amines) is 1. The molecular formula is C32H35NO7. The van der Waals surface area contributed by atoms with Crippen LogP contribution in [0.2, 0.25) is 0 Å². The minimum atomic E-state index is -1.13. The van der Waals surface area contributed by atoms with E-state index in [2.05, 4.69) is 12.1 Å². The summed E-state index contributed by atoms with van der Waals surface area (Å²) in [5, 5.41) is 18.6. The van der Waals surface area contributed by atoms with Gasteiger partial charge in [0.05, 0.1) is 30.3 Å². The van der Waals surface area contributed by atoms with E-state index in [1.54, 1.807) is 4.90 Å². The van der Waals surface area contributed by atoms with E-state index < -0.39 is 17.9 Å². The predicted molar refractivity (Wildman–Crippen MR) is 150 cm³/mol. The third kappa shape index (κ3) is 8.09. The van der Waals surface area contributed by atoms with E-state index >= 15 is 0 Å². The molecule has 0 aliphatic carbocycles. The number of aliphatic carboxylic acids is 1. The van der Waals surface area contributed by atoms with Gasteiger partial charge in [0.15, 0.2) is 0 Å². The summed E-state index contributed by atoms with van der Waals surface area (Å²) < 4.78 is 11.8. The third-order valence-electron chi connectivity index (χ3n) is 7.10. The smallest absolute Gasteiger partial charge is 0.335 e. The zero-order chi connectivity index (χ0) is 28.3. The molecule has 40 heavy (non-hydrogen) atoms. The van der Waals surface area contributed by atoms with Gasteiger partial charge in [-0.05, 0) is 80.0 Å². The lowest BCUT2D eigenvalue weighted by atomic mass is 9.96. The summed E-state index contributed by atoms with van der Waals surface area (Å²) in [6, 6.07) is 22.6. The molecule has 1 aliphatic heterocycles. The molecule has 0 spiro atoms. The van der Waals surface area contributed by atoms with E-state index in [4.69, 9.17) is 9.47 Å². The second-order valence-electron chi connectivity index (χ2n) is 9.95. The molecule has 2 N–H and O–H groups in total. The van der Waals surface area contributed by atoms with Crippen molar-refractivity contribution in [2.24, 2.45) is 5.92 Å². The summed E-state index contributed by atoms with van der Waals surface area (Å²) in [6.07, 6.45) is 4.14.